The van der Waals surface area contributed by atoms with Gasteiger partial charge in [-0.2, -0.15) is 13.2 Å². The lowest BCUT2D eigenvalue weighted by Gasteiger charge is -2.19. The van der Waals surface area contributed by atoms with Gasteiger partial charge >= 0.3 is 6.18 Å². The highest BCUT2D eigenvalue weighted by atomic mass is 19.4. The maximum atomic E-state index is 13.3. The molecule has 0 aliphatic rings. The molecule has 2 amide bonds. The molecule has 0 saturated heterocycles. The molecule has 7 heteroatoms. The van der Waals surface area contributed by atoms with E-state index in [-0.39, 0.29) is 22.4 Å². The average molecular weight is 378 g/mol. The third-order valence-electron chi connectivity index (χ3n) is 3.91. The molecular weight excluding hydrogens is 357 g/mol. The number of anilines is 2. The van der Waals surface area contributed by atoms with E-state index in [1.165, 1.54) is 13.0 Å². The molecule has 0 aliphatic carbocycles. The van der Waals surface area contributed by atoms with Crippen LogP contribution in [0.1, 0.15) is 49.2 Å². The Labute approximate surface area is 155 Å². The Bertz CT molecular complexity index is 851. The first-order valence-corrected chi connectivity index (χ1v) is 8.28. The van der Waals surface area contributed by atoms with Gasteiger partial charge in [-0.25, -0.2) is 0 Å². The van der Waals surface area contributed by atoms with E-state index in [1.807, 2.05) is 20.8 Å². The van der Waals surface area contributed by atoms with Crippen molar-refractivity contribution < 1.29 is 22.8 Å². The van der Waals surface area contributed by atoms with Crippen molar-refractivity contribution in [3.05, 3.63) is 59.2 Å². The van der Waals surface area contributed by atoms with Crippen LogP contribution in [0, 0.1) is 0 Å². The normalized spacial score (nSPS) is 11.8. The molecule has 0 spiro atoms. The Morgan fingerprint density at radius 1 is 0.889 bits per heavy atom. The third-order valence-corrected chi connectivity index (χ3v) is 3.91. The number of alkyl halides is 3. The van der Waals surface area contributed by atoms with Gasteiger partial charge in [0.05, 0.1) is 11.3 Å². The predicted molar refractivity (Wildman–Crippen MR) is 98.8 cm³/mol. The molecule has 144 valence electrons. The number of nitrogens with one attached hydrogen (secondary N) is 2. The van der Waals surface area contributed by atoms with Gasteiger partial charge in [-0.05, 0) is 41.3 Å². The number of benzene rings is 2. The molecule has 2 aromatic carbocycles. The summed E-state index contributed by atoms with van der Waals surface area (Å²) in [5.41, 5.74) is -0.244. The van der Waals surface area contributed by atoms with Crippen molar-refractivity contribution in [2.24, 2.45) is 0 Å². The molecule has 2 rings (SSSR count). The maximum absolute atomic E-state index is 13.3. The van der Waals surface area contributed by atoms with Crippen LogP contribution in [0.15, 0.2) is 42.5 Å². The second kappa shape index (κ2) is 7.42. The molecule has 2 aromatic rings. The summed E-state index contributed by atoms with van der Waals surface area (Å²) in [6, 6.07) is 9.92. The first-order chi connectivity index (χ1) is 12.4. The van der Waals surface area contributed by atoms with E-state index in [4.69, 9.17) is 0 Å². The molecule has 0 heterocycles. The molecule has 0 aromatic heterocycles. The lowest BCUT2D eigenvalue weighted by Crippen LogP contribution is -2.18. The fourth-order valence-electron chi connectivity index (χ4n) is 2.48. The summed E-state index contributed by atoms with van der Waals surface area (Å²) in [5, 5.41) is 4.60. The van der Waals surface area contributed by atoms with Crippen molar-refractivity contribution >= 4 is 23.2 Å². The van der Waals surface area contributed by atoms with Gasteiger partial charge < -0.3 is 10.6 Å². The van der Waals surface area contributed by atoms with Crippen molar-refractivity contribution in [3.63, 3.8) is 0 Å². The highest BCUT2D eigenvalue weighted by Crippen LogP contribution is 2.37. The number of rotatable bonds is 3. The zero-order chi connectivity index (χ0) is 20.4. The van der Waals surface area contributed by atoms with Gasteiger partial charge in [-0.1, -0.05) is 32.9 Å². The average Bonchev–Trinajstić information content (AvgIpc) is 2.54. The summed E-state index contributed by atoms with van der Waals surface area (Å²) in [7, 11) is 0. The number of amides is 2. The molecule has 2 N–H and O–H groups in total. The predicted octanol–water partition coefficient (Wildman–Crippen LogP) is 5.21. The Balaban J connectivity index is 2.30. The van der Waals surface area contributed by atoms with Crippen molar-refractivity contribution in [2.45, 2.75) is 39.3 Å². The molecule has 0 saturated carbocycles. The molecule has 0 unspecified atom stereocenters. The Morgan fingerprint density at radius 2 is 1.48 bits per heavy atom. The Morgan fingerprint density at radius 3 is 1.96 bits per heavy atom. The molecule has 4 nitrogen and oxygen atoms in total. The van der Waals surface area contributed by atoms with Gasteiger partial charge in [0.1, 0.15) is 0 Å². The highest BCUT2D eigenvalue weighted by Gasteiger charge is 2.34. The van der Waals surface area contributed by atoms with E-state index in [2.05, 4.69) is 10.6 Å². The van der Waals surface area contributed by atoms with Gasteiger partial charge in [0.25, 0.3) is 5.91 Å². The van der Waals surface area contributed by atoms with Crippen LogP contribution < -0.4 is 10.6 Å². The monoisotopic (exact) mass is 378 g/mol. The minimum absolute atomic E-state index is 0.00218. The van der Waals surface area contributed by atoms with E-state index in [9.17, 15) is 22.8 Å². The summed E-state index contributed by atoms with van der Waals surface area (Å²) in [6.45, 7) is 7.27. The zero-order valence-electron chi connectivity index (χ0n) is 15.5. The van der Waals surface area contributed by atoms with Crippen LogP contribution in [0.3, 0.4) is 0 Å². The molecular formula is C20H21F3N2O2. The minimum atomic E-state index is -4.69. The summed E-state index contributed by atoms with van der Waals surface area (Å²) in [5.74, 6) is -1.13. The van der Waals surface area contributed by atoms with Crippen LogP contribution in [0.4, 0.5) is 24.5 Å². The summed E-state index contributed by atoms with van der Waals surface area (Å²) >= 11 is 0. The van der Waals surface area contributed by atoms with Crippen molar-refractivity contribution in [2.75, 3.05) is 10.6 Å². The topological polar surface area (TPSA) is 58.2 Å². The van der Waals surface area contributed by atoms with Crippen LogP contribution in [0.2, 0.25) is 0 Å². The van der Waals surface area contributed by atoms with Crippen LogP contribution >= 0.6 is 0 Å². The lowest BCUT2D eigenvalue weighted by atomic mass is 9.86. The Kier molecular flexibility index (Phi) is 5.63. The molecule has 0 atom stereocenters. The summed E-state index contributed by atoms with van der Waals surface area (Å²) < 4.78 is 40.0. The van der Waals surface area contributed by atoms with Crippen molar-refractivity contribution in [1.82, 2.24) is 0 Å². The Hall–Kier alpha value is -2.83. The second-order valence-electron chi connectivity index (χ2n) is 7.22. The fourth-order valence-corrected chi connectivity index (χ4v) is 2.48. The zero-order valence-corrected chi connectivity index (χ0v) is 15.5. The first-order valence-electron chi connectivity index (χ1n) is 8.28. The number of carbonyl (C=O) groups is 2. The molecule has 27 heavy (non-hydrogen) atoms. The maximum Gasteiger partial charge on any atom is 0.418 e. The van der Waals surface area contributed by atoms with Gasteiger partial charge in [0, 0.05) is 18.2 Å². The first kappa shape index (κ1) is 20.5. The smallest absolute Gasteiger partial charge is 0.326 e. The largest absolute Gasteiger partial charge is 0.418 e. The summed E-state index contributed by atoms with van der Waals surface area (Å²) in [6.07, 6.45) is -4.69. The van der Waals surface area contributed by atoms with Gasteiger partial charge in [-0.3, -0.25) is 9.59 Å². The third kappa shape index (κ3) is 5.32. The standard InChI is InChI=1S/C20H21F3N2O2/c1-12(26)24-15-9-10-17(16(11-15)20(21,22)23)25-18(27)13-5-7-14(8-6-13)19(2,3)4/h5-11H,1-4H3,(H,24,26)(H,25,27). The fraction of sp³-hybridized carbons (Fsp3) is 0.300. The molecule has 0 radical (unpaired) electrons. The number of halogens is 3. The van der Waals surface area contributed by atoms with Crippen LogP contribution in [-0.2, 0) is 16.4 Å². The van der Waals surface area contributed by atoms with E-state index in [0.717, 1.165) is 17.7 Å². The molecule has 0 bridgehead atoms. The molecule has 0 aliphatic heterocycles. The number of hydrogen-bond acceptors (Lipinski definition) is 2. The van der Waals surface area contributed by atoms with Gasteiger partial charge in [0.2, 0.25) is 5.91 Å². The number of carbonyl (C=O) groups excluding carboxylic acids is 2. The second-order valence-corrected chi connectivity index (χ2v) is 7.22. The van der Waals surface area contributed by atoms with E-state index >= 15 is 0 Å². The summed E-state index contributed by atoms with van der Waals surface area (Å²) in [4.78, 5) is 23.4. The lowest BCUT2D eigenvalue weighted by molar-refractivity contribution is -0.137. The van der Waals surface area contributed by atoms with Crippen molar-refractivity contribution in [3.8, 4) is 0 Å². The van der Waals surface area contributed by atoms with E-state index in [1.54, 1.807) is 24.3 Å². The van der Waals surface area contributed by atoms with Gasteiger partial charge in [0.15, 0.2) is 0 Å². The van der Waals surface area contributed by atoms with Crippen LogP contribution in [0.25, 0.3) is 0 Å². The quantitative estimate of drug-likeness (QED) is 0.770. The molecule has 0 fully saturated rings. The SMILES string of the molecule is CC(=O)Nc1ccc(NC(=O)c2ccc(C(C)(C)C)cc2)c(C(F)(F)F)c1. The number of hydrogen-bond donors (Lipinski definition) is 2. The van der Waals surface area contributed by atoms with Gasteiger partial charge in [-0.15, -0.1) is 0 Å². The van der Waals surface area contributed by atoms with E-state index < -0.39 is 23.6 Å². The van der Waals surface area contributed by atoms with Crippen LogP contribution in [-0.4, -0.2) is 11.8 Å². The highest BCUT2D eigenvalue weighted by molar-refractivity contribution is 6.05. The minimum Gasteiger partial charge on any atom is -0.326 e. The van der Waals surface area contributed by atoms with Crippen LogP contribution in [0.5, 0.6) is 0 Å². The van der Waals surface area contributed by atoms with E-state index in [0.29, 0.717) is 0 Å². The van der Waals surface area contributed by atoms with Crippen molar-refractivity contribution in [1.29, 1.82) is 0 Å².